The predicted octanol–water partition coefficient (Wildman–Crippen LogP) is 16.5. The number of hydrogen-bond acceptors (Lipinski definition) is 4. The van der Waals surface area contributed by atoms with E-state index in [1.807, 2.05) is 59.1 Å². The molecule has 6 rings (SSSR count). The summed E-state index contributed by atoms with van der Waals surface area (Å²) in [6.45, 7) is 30.8. The number of carbonyl (C=O) groups excluding carboxylic acids is 1. The average molecular weight is 991 g/mol. The molecule has 2 heterocycles. The fourth-order valence-corrected chi connectivity index (χ4v) is 9.98. The van der Waals surface area contributed by atoms with E-state index in [1.165, 1.54) is 74.4 Å². The van der Waals surface area contributed by atoms with Gasteiger partial charge in [0.2, 0.25) is 0 Å². The SMILES string of the molecule is CC1(C)CCC(c2ccc(-c3sc4c(-c5[c-]c6ccccc6c(C(C)(C)C)c5)nccc4c3C(C)(C)C)cc2)CC1.CCC(C)(CC)C(=O)/C=C(\O)C(C)(CC)CC.[Ir]. The van der Waals surface area contributed by atoms with Crippen molar-refractivity contribution in [3.63, 3.8) is 0 Å². The minimum atomic E-state index is -0.337. The Morgan fingerprint density at radius 3 is 1.93 bits per heavy atom. The van der Waals surface area contributed by atoms with Gasteiger partial charge >= 0.3 is 0 Å². The standard InChI is InChI=1S/C39H44NS.C15H28O2.Ir/c1-37(2,3)32-24-29(23-28-11-9-10-12-30(28)32)34-36-31(19-22-40-34)33(38(4,5)6)35(41-36)27-15-13-25(14-16-27)26-17-20-39(7,8)21-18-26;1-7-14(5,8-2)12(16)11-13(17)15(6,9-3)10-4;/h9-16,19,22,24,26H,17-18,20-21H2,1-8H3;11,16H,7-10H2,1-6H3;/q-1;;/b;12-11-;. The van der Waals surface area contributed by atoms with Crippen LogP contribution in [0.25, 0.3) is 42.6 Å². The first-order valence-corrected chi connectivity index (χ1v) is 22.9. The number of aliphatic hydroxyl groups is 1. The Balaban J connectivity index is 0.000000364. The van der Waals surface area contributed by atoms with Crippen LogP contribution >= 0.6 is 11.3 Å². The third kappa shape index (κ3) is 10.7. The van der Waals surface area contributed by atoms with Crippen LogP contribution in [0, 0.1) is 22.3 Å². The zero-order valence-electron chi connectivity index (χ0n) is 38.7. The molecule has 321 valence electrons. The molecule has 0 saturated heterocycles. The number of aliphatic hydroxyl groups excluding tert-OH is 1. The smallest absolute Gasteiger partial charge is 0.164 e. The summed E-state index contributed by atoms with van der Waals surface area (Å²) in [5, 5.41) is 13.9. The van der Waals surface area contributed by atoms with Crippen molar-refractivity contribution in [2.24, 2.45) is 16.2 Å². The average Bonchev–Trinajstić information content (AvgIpc) is 3.61. The van der Waals surface area contributed by atoms with Crippen LogP contribution in [0.3, 0.4) is 0 Å². The number of thiophene rings is 1. The Labute approximate surface area is 375 Å². The second kappa shape index (κ2) is 18.9. The van der Waals surface area contributed by atoms with Crippen molar-refractivity contribution in [1.29, 1.82) is 0 Å². The molecule has 1 aliphatic carbocycles. The van der Waals surface area contributed by atoms with Gasteiger partial charge in [-0.05, 0) is 102 Å². The van der Waals surface area contributed by atoms with Gasteiger partial charge in [0.15, 0.2) is 5.78 Å². The summed E-state index contributed by atoms with van der Waals surface area (Å²) >= 11 is 1.90. The predicted molar refractivity (Wildman–Crippen MR) is 252 cm³/mol. The van der Waals surface area contributed by atoms with Gasteiger partial charge in [0.25, 0.3) is 0 Å². The molecule has 0 aliphatic heterocycles. The van der Waals surface area contributed by atoms with E-state index in [0.29, 0.717) is 11.3 Å². The van der Waals surface area contributed by atoms with Gasteiger partial charge in [-0.3, -0.25) is 9.78 Å². The van der Waals surface area contributed by atoms with Crippen molar-refractivity contribution in [2.45, 2.75) is 165 Å². The summed E-state index contributed by atoms with van der Waals surface area (Å²) < 4.78 is 1.26. The maximum absolute atomic E-state index is 12.2. The van der Waals surface area contributed by atoms with Gasteiger partial charge in [-0.1, -0.05) is 150 Å². The molecule has 1 N–H and O–H groups in total. The Hall–Kier alpha value is -3.11. The number of nitrogens with zero attached hydrogens (tertiary/aromatic N) is 1. The molecule has 0 bridgehead atoms. The van der Waals surface area contributed by atoms with Gasteiger partial charge in [0.1, 0.15) is 5.76 Å². The van der Waals surface area contributed by atoms with Crippen molar-refractivity contribution in [2.75, 3.05) is 0 Å². The molecule has 0 spiro atoms. The molecule has 0 unspecified atom stereocenters. The molecular formula is C54H72IrNO2S-. The Kier molecular flexibility index (Phi) is 15.5. The number of benzene rings is 3. The number of fused-ring (bicyclic) bond motifs is 2. The van der Waals surface area contributed by atoms with E-state index in [4.69, 9.17) is 4.98 Å². The van der Waals surface area contributed by atoms with Gasteiger partial charge in [-0.15, -0.1) is 40.5 Å². The third-order valence-corrected chi connectivity index (χ3v) is 15.0. The van der Waals surface area contributed by atoms with Crippen molar-refractivity contribution >= 4 is 38.0 Å². The normalized spacial score (nSPS) is 15.5. The van der Waals surface area contributed by atoms with Crippen LogP contribution in [-0.4, -0.2) is 15.9 Å². The van der Waals surface area contributed by atoms with E-state index in [1.54, 1.807) is 0 Å². The molecule has 0 amide bonds. The largest absolute Gasteiger partial charge is 0.512 e. The number of rotatable bonds is 10. The molecule has 2 aromatic heterocycles. The molecule has 59 heavy (non-hydrogen) atoms. The number of allylic oxidation sites excluding steroid dienone is 2. The van der Waals surface area contributed by atoms with E-state index < -0.39 is 0 Å². The van der Waals surface area contributed by atoms with Crippen LogP contribution in [0.15, 0.2) is 78.7 Å². The summed E-state index contributed by atoms with van der Waals surface area (Å²) in [4.78, 5) is 18.6. The molecule has 1 fully saturated rings. The molecule has 0 atom stereocenters. The van der Waals surface area contributed by atoms with Crippen molar-refractivity contribution in [3.8, 4) is 21.7 Å². The maximum Gasteiger partial charge on any atom is 0.164 e. The second-order valence-corrected chi connectivity index (χ2v) is 21.5. The minimum Gasteiger partial charge on any atom is -0.512 e. The Morgan fingerprint density at radius 2 is 1.39 bits per heavy atom. The van der Waals surface area contributed by atoms with Gasteiger partial charge in [-0.25, -0.2) is 0 Å². The molecule has 5 heteroatoms. The minimum absolute atomic E-state index is 0. The summed E-state index contributed by atoms with van der Waals surface area (Å²) in [6.07, 6.45) is 12.0. The maximum atomic E-state index is 12.2. The third-order valence-electron chi connectivity index (χ3n) is 13.8. The molecule has 1 saturated carbocycles. The number of aromatic nitrogens is 1. The van der Waals surface area contributed by atoms with Gasteiger partial charge in [-0.2, -0.15) is 0 Å². The van der Waals surface area contributed by atoms with Crippen molar-refractivity contribution in [3.05, 3.63) is 101 Å². The van der Waals surface area contributed by atoms with E-state index >= 15 is 0 Å². The molecule has 1 aliphatic rings. The monoisotopic (exact) mass is 991 g/mol. The summed E-state index contributed by atoms with van der Waals surface area (Å²) in [5.41, 5.74) is 7.63. The van der Waals surface area contributed by atoms with Gasteiger partial charge < -0.3 is 5.11 Å². The van der Waals surface area contributed by atoms with Crippen LogP contribution in [0.1, 0.15) is 171 Å². The van der Waals surface area contributed by atoms with E-state index in [0.717, 1.165) is 42.3 Å². The molecule has 1 radical (unpaired) electrons. The number of ketones is 1. The number of hydrogen-bond donors (Lipinski definition) is 1. The Morgan fingerprint density at radius 1 is 0.814 bits per heavy atom. The van der Waals surface area contributed by atoms with Crippen LogP contribution in [0.2, 0.25) is 0 Å². The fraction of sp³-hybridized carbons (Fsp3) is 0.519. The quantitative estimate of drug-likeness (QED) is 0.0862. The second-order valence-electron chi connectivity index (χ2n) is 20.5. The topological polar surface area (TPSA) is 50.2 Å². The van der Waals surface area contributed by atoms with Crippen LogP contribution in [0.5, 0.6) is 0 Å². The zero-order chi connectivity index (χ0) is 42.8. The molecule has 5 aromatic rings. The first-order chi connectivity index (χ1) is 27.1. The summed E-state index contributed by atoms with van der Waals surface area (Å²) in [7, 11) is 0. The van der Waals surface area contributed by atoms with E-state index in [-0.39, 0.29) is 53.3 Å². The van der Waals surface area contributed by atoms with E-state index in [9.17, 15) is 9.90 Å². The van der Waals surface area contributed by atoms with Crippen molar-refractivity contribution in [1.82, 2.24) is 4.98 Å². The zero-order valence-corrected chi connectivity index (χ0v) is 41.9. The van der Waals surface area contributed by atoms with Gasteiger partial charge in [0.05, 0.1) is 0 Å². The van der Waals surface area contributed by atoms with Crippen LogP contribution < -0.4 is 0 Å². The number of carbonyl (C=O) groups is 1. The van der Waals surface area contributed by atoms with Crippen molar-refractivity contribution < 1.29 is 30.0 Å². The first kappa shape index (κ1) is 48.6. The van der Waals surface area contributed by atoms with E-state index in [2.05, 4.69) is 122 Å². The Bertz CT molecular complexity index is 2230. The van der Waals surface area contributed by atoms with Crippen LogP contribution in [-0.2, 0) is 35.7 Å². The summed E-state index contributed by atoms with van der Waals surface area (Å²) in [6, 6.07) is 26.5. The summed E-state index contributed by atoms with van der Waals surface area (Å²) in [5.74, 6) is 0.978. The molecular weight excluding hydrogens is 919 g/mol. The fourth-order valence-electron chi connectivity index (χ4n) is 8.46. The number of pyridine rings is 1. The first-order valence-electron chi connectivity index (χ1n) is 22.0. The molecule has 3 nitrogen and oxygen atoms in total. The van der Waals surface area contributed by atoms with Gasteiger partial charge in [0, 0.05) is 58.5 Å². The van der Waals surface area contributed by atoms with Crippen LogP contribution in [0.4, 0.5) is 0 Å². The molecule has 3 aromatic carbocycles.